The molecule has 0 saturated carbocycles. The topological polar surface area (TPSA) is 29.1 Å². The average molecular weight is 330 g/mol. The van der Waals surface area contributed by atoms with Gasteiger partial charge in [-0.05, 0) is 18.2 Å². The molecule has 0 aliphatic rings. The van der Waals surface area contributed by atoms with Gasteiger partial charge in [0.15, 0.2) is 0 Å². The Kier molecular flexibility index (Phi) is 3.90. The second-order valence-corrected chi connectivity index (χ2v) is 4.62. The number of carbonyl (C=O) groups is 1. The number of carbonyl (C=O) groups excluding carboxylic acids is 1. The van der Waals surface area contributed by atoms with Crippen molar-refractivity contribution >= 4 is 27.5 Å². The molecule has 0 fully saturated rings. The van der Waals surface area contributed by atoms with Crippen LogP contribution in [0.15, 0.2) is 40.9 Å². The molecule has 2 rings (SSSR count). The summed E-state index contributed by atoms with van der Waals surface area (Å²) in [6, 6.07) is 7.42. The van der Waals surface area contributed by atoms with Crippen LogP contribution in [0, 0.1) is 17.5 Å². The summed E-state index contributed by atoms with van der Waals surface area (Å²) in [6.07, 6.45) is 0. The summed E-state index contributed by atoms with van der Waals surface area (Å²) in [7, 11) is 0. The average Bonchev–Trinajstić information content (AvgIpc) is 2.27. The summed E-state index contributed by atoms with van der Waals surface area (Å²) >= 11 is 3.20. The molecule has 0 spiro atoms. The zero-order chi connectivity index (χ0) is 14.0. The van der Waals surface area contributed by atoms with Gasteiger partial charge in [-0.15, -0.1) is 0 Å². The van der Waals surface area contributed by atoms with E-state index in [1.165, 1.54) is 0 Å². The summed E-state index contributed by atoms with van der Waals surface area (Å²) in [5, 5.41) is 2.33. The Morgan fingerprint density at radius 2 is 1.68 bits per heavy atom. The highest BCUT2D eigenvalue weighted by atomic mass is 79.9. The van der Waals surface area contributed by atoms with E-state index in [0.29, 0.717) is 22.3 Å². The third kappa shape index (κ3) is 3.14. The highest BCUT2D eigenvalue weighted by Crippen LogP contribution is 2.19. The number of amides is 1. The number of anilines is 1. The number of hydrogen-bond acceptors (Lipinski definition) is 1. The monoisotopic (exact) mass is 329 g/mol. The summed E-state index contributed by atoms with van der Waals surface area (Å²) in [5.74, 6) is -4.54. The van der Waals surface area contributed by atoms with Crippen LogP contribution in [-0.4, -0.2) is 5.91 Å². The Labute approximate surface area is 115 Å². The molecule has 6 heteroatoms. The predicted molar refractivity (Wildman–Crippen MR) is 68.4 cm³/mol. The van der Waals surface area contributed by atoms with E-state index in [9.17, 15) is 18.0 Å². The molecule has 98 valence electrons. The Balaban J connectivity index is 2.31. The van der Waals surface area contributed by atoms with Gasteiger partial charge in [0, 0.05) is 22.3 Å². The molecule has 0 heterocycles. The first-order valence-electron chi connectivity index (χ1n) is 5.19. The van der Waals surface area contributed by atoms with Gasteiger partial charge in [0.05, 0.1) is 0 Å². The van der Waals surface area contributed by atoms with E-state index >= 15 is 0 Å². The van der Waals surface area contributed by atoms with E-state index in [2.05, 4.69) is 21.2 Å². The standard InChI is InChI=1S/C13H7BrF3NO/c14-7-2-1-3-9(4-7)18-13(19)12-10(16)5-8(15)6-11(12)17/h1-6H,(H,18,19). The van der Waals surface area contributed by atoms with Crippen molar-refractivity contribution in [1.29, 1.82) is 0 Å². The lowest BCUT2D eigenvalue weighted by atomic mass is 10.1. The van der Waals surface area contributed by atoms with Crippen LogP contribution in [0.2, 0.25) is 0 Å². The summed E-state index contributed by atoms with van der Waals surface area (Å²) in [5.41, 5.74) is -0.455. The second-order valence-electron chi connectivity index (χ2n) is 3.71. The first-order chi connectivity index (χ1) is 8.97. The van der Waals surface area contributed by atoms with Crippen molar-refractivity contribution in [1.82, 2.24) is 0 Å². The summed E-state index contributed by atoms with van der Waals surface area (Å²) in [4.78, 5) is 11.7. The number of nitrogens with one attached hydrogen (secondary N) is 1. The molecule has 2 aromatic rings. The van der Waals surface area contributed by atoms with Crippen LogP contribution in [0.5, 0.6) is 0 Å². The molecule has 2 nitrogen and oxygen atoms in total. The third-order valence-corrected chi connectivity index (χ3v) is 2.81. The molecule has 0 aromatic heterocycles. The minimum absolute atomic E-state index is 0.363. The molecule has 0 aliphatic heterocycles. The molecule has 0 saturated heterocycles. The molecular weight excluding hydrogens is 323 g/mol. The maximum Gasteiger partial charge on any atom is 0.261 e. The Hall–Kier alpha value is -1.82. The SMILES string of the molecule is O=C(Nc1cccc(Br)c1)c1c(F)cc(F)cc1F. The first kappa shape index (κ1) is 13.6. The third-order valence-electron chi connectivity index (χ3n) is 2.32. The fraction of sp³-hybridized carbons (Fsp3) is 0. The molecule has 1 amide bonds. The van der Waals surface area contributed by atoms with Gasteiger partial charge in [-0.1, -0.05) is 22.0 Å². The predicted octanol–water partition coefficient (Wildman–Crippen LogP) is 4.12. The second kappa shape index (κ2) is 5.44. The maximum absolute atomic E-state index is 13.4. The Morgan fingerprint density at radius 1 is 1.05 bits per heavy atom. The van der Waals surface area contributed by atoms with Crippen molar-refractivity contribution in [3.05, 3.63) is 63.9 Å². The Morgan fingerprint density at radius 3 is 2.26 bits per heavy atom. The Bertz CT molecular complexity index is 623. The van der Waals surface area contributed by atoms with Crippen molar-refractivity contribution in [3.8, 4) is 0 Å². The molecule has 0 atom stereocenters. The van der Waals surface area contributed by atoms with E-state index < -0.39 is 28.9 Å². The summed E-state index contributed by atoms with van der Waals surface area (Å²) < 4.78 is 40.2. The van der Waals surface area contributed by atoms with Gasteiger partial charge in [-0.2, -0.15) is 0 Å². The van der Waals surface area contributed by atoms with Crippen LogP contribution in [0.1, 0.15) is 10.4 Å². The van der Waals surface area contributed by atoms with Crippen LogP contribution in [0.4, 0.5) is 18.9 Å². The minimum Gasteiger partial charge on any atom is -0.322 e. The molecule has 0 bridgehead atoms. The van der Waals surface area contributed by atoms with Gasteiger partial charge in [-0.3, -0.25) is 4.79 Å². The summed E-state index contributed by atoms with van der Waals surface area (Å²) in [6.45, 7) is 0. The van der Waals surface area contributed by atoms with E-state index in [4.69, 9.17) is 0 Å². The van der Waals surface area contributed by atoms with Crippen molar-refractivity contribution in [2.24, 2.45) is 0 Å². The molecule has 0 radical (unpaired) electrons. The quantitative estimate of drug-likeness (QED) is 0.882. The van der Waals surface area contributed by atoms with Crippen LogP contribution >= 0.6 is 15.9 Å². The first-order valence-corrected chi connectivity index (χ1v) is 5.98. The van der Waals surface area contributed by atoms with Crippen molar-refractivity contribution in [3.63, 3.8) is 0 Å². The zero-order valence-corrected chi connectivity index (χ0v) is 11.0. The molecule has 1 N–H and O–H groups in total. The van der Waals surface area contributed by atoms with Crippen molar-refractivity contribution in [2.45, 2.75) is 0 Å². The van der Waals surface area contributed by atoms with Crippen molar-refractivity contribution in [2.75, 3.05) is 5.32 Å². The highest BCUT2D eigenvalue weighted by molar-refractivity contribution is 9.10. The molecule has 19 heavy (non-hydrogen) atoms. The van der Waals surface area contributed by atoms with Gasteiger partial charge in [0.1, 0.15) is 23.0 Å². The van der Waals surface area contributed by atoms with E-state index in [1.54, 1.807) is 24.3 Å². The smallest absolute Gasteiger partial charge is 0.261 e. The van der Waals surface area contributed by atoms with Crippen LogP contribution in [0.3, 0.4) is 0 Å². The van der Waals surface area contributed by atoms with Crippen LogP contribution in [-0.2, 0) is 0 Å². The lowest BCUT2D eigenvalue weighted by Crippen LogP contribution is -2.16. The largest absolute Gasteiger partial charge is 0.322 e. The molecule has 0 unspecified atom stereocenters. The zero-order valence-electron chi connectivity index (χ0n) is 9.38. The minimum atomic E-state index is -1.25. The fourth-order valence-electron chi connectivity index (χ4n) is 1.52. The van der Waals surface area contributed by atoms with Crippen LogP contribution < -0.4 is 5.32 Å². The number of rotatable bonds is 2. The maximum atomic E-state index is 13.4. The van der Waals surface area contributed by atoms with E-state index in [-0.39, 0.29) is 0 Å². The fourth-order valence-corrected chi connectivity index (χ4v) is 1.92. The normalized spacial score (nSPS) is 10.3. The van der Waals surface area contributed by atoms with E-state index in [0.717, 1.165) is 0 Å². The lowest BCUT2D eigenvalue weighted by Gasteiger charge is -2.07. The van der Waals surface area contributed by atoms with Gasteiger partial charge in [0.2, 0.25) is 0 Å². The molecule has 2 aromatic carbocycles. The highest BCUT2D eigenvalue weighted by Gasteiger charge is 2.19. The van der Waals surface area contributed by atoms with Gasteiger partial charge in [-0.25, -0.2) is 13.2 Å². The van der Waals surface area contributed by atoms with Gasteiger partial charge >= 0.3 is 0 Å². The molecule has 0 aliphatic carbocycles. The van der Waals surface area contributed by atoms with E-state index in [1.807, 2.05) is 0 Å². The number of hydrogen-bond donors (Lipinski definition) is 1. The number of benzene rings is 2. The van der Waals surface area contributed by atoms with Gasteiger partial charge < -0.3 is 5.32 Å². The van der Waals surface area contributed by atoms with Gasteiger partial charge in [0.25, 0.3) is 5.91 Å². The van der Waals surface area contributed by atoms with Crippen molar-refractivity contribution < 1.29 is 18.0 Å². The number of halogens is 4. The van der Waals surface area contributed by atoms with Crippen LogP contribution in [0.25, 0.3) is 0 Å². The lowest BCUT2D eigenvalue weighted by molar-refractivity contribution is 0.101. The molecular formula is C13H7BrF3NO.